The lowest BCUT2D eigenvalue weighted by molar-refractivity contribution is -0.155. The Morgan fingerprint density at radius 3 is 2.67 bits per heavy atom. The van der Waals surface area contributed by atoms with E-state index in [1.807, 2.05) is 20.8 Å². The van der Waals surface area contributed by atoms with Crippen molar-refractivity contribution in [3.8, 4) is 0 Å². The van der Waals surface area contributed by atoms with E-state index >= 15 is 0 Å². The molecular weight excluding hydrogens is 194 g/mol. The first-order valence-corrected chi connectivity index (χ1v) is 5.78. The van der Waals surface area contributed by atoms with Crippen LogP contribution in [0.4, 0.5) is 0 Å². The van der Waals surface area contributed by atoms with E-state index in [0.717, 1.165) is 6.42 Å². The summed E-state index contributed by atoms with van der Waals surface area (Å²) in [5, 5.41) is 13.1. The molecule has 6 atom stereocenters. The minimum absolute atomic E-state index is 0.172. The second kappa shape index (κ2) is 2.94. The highest BCUT2D eigenvalue weighted by Crippen LogP contribution is 2.47. The average Bonchev–Trinajstić information content (AvgIpc) is 2.70. The Balaban J connectivity index is 1.81. The summed E-state index contributed by atoms with van der Waals surface area (Å²) in [6.45, 7) is 5.76. The van der Waals surface area contributed by atoms with Crippen molar-refractivity contribution in [1.29, 1.82) is 0 Å². The number of aliphatic hydroxyl groups is 1. The van der Waals surface area contributed by atoms with Crippen LogP contribution in [-0.2, 0) is 9.47 Å². The third-order valence-corrected chi connectivity index (χ3v) is 3.90. The van der Waals surface area contributed by atoms with Crippen LogP contribution in [-0.4, -0.2) is 41.3 Å². The molecule has 2 saturated heterocycles. The highest BCUT2D eigenvalue weighted by atomic mass is 16.8. The fourth-order valence-electron chi connectivity index (χ4n) is 3.40. The standard InChI is InChI=1S/C11H19NO3/c1-5(13)8-6-4-7(12-8)10-9(6)14-11(2,3)15-10/h5-10,12-13H,4H2,1-3H3/t5-,6-,7-,8?,9-,10+/m1/s1. The molecule has 2 aliphatic heterocycles. The molecule has 3 aliphatic rings. The van der Waals surface area contributed by atoms with E-state index < -0.39 is 5.79 Å². The highest BCUT2D eigenvalue weighted by Gasteiger charge is 2.60. The number of hydrogen-bond acceptors (Lipinski definition) is 4. The van der Waals surface area contributed by atoms with E-state index in [-0.39, 0.29) is 24.4 Å². The van der Waals surface area contributed by atoms with Crippen molar-refractivity contribution < 1.29 is 14.6 Å². The summed E-state index contributed by atoms with van der Waals surface area (Å²) < 4.78 is 11.8. The molecule has 0 aromatic rings. The van der Waals surface area contributed by atoms with Gasteiger partial charge in [0.1, 0.15) is 6.10 Å². The first-order chi connectivity index (χ1) is 6.98. The summed E-state index contributed by atoms with van der Waals surface area (Å²) in [5.74, 6) is -0.0524. The summed E-state index contributed by atoms with van der Waals surface area (Å²) in [6.07, 6.45) is 1.11. The molecule has 0 radical (unpaired) electrons. The van der Waals surface area contributed by atoms with Gasteiger partial charge in [0, 0.05) is 18.0 Å². The summed E-state index contributed by atoms with van der Waals surface area (Å²) in [4.78, 5) is 0. The first kappa shape index (κ1) is 10.0. The van der Waals surface area contributed by atoms with Gasteiger partial charge in [-0.1, -0.05) is 0 Å². The minimum Gasteiger partial charge on any atom is -0.392 e. The van der Waals surface area contributed by atoms with E-state index in [0.29, 0.717) is 12.0 Å². The predicted molar refractivity (Wildman–Crippen MR) is 54.3 cm³/mol. The maximum atomic E-state index is 9.67. The van der Waals surface area contributed by atoms with Gasteiger partial charge in [0.05, 0.1) is 12.2 Å². The molecule has 0 aromatic heterocycles. The lowest BCUT2D eigenvalue weighted by Crippen LogP contribution is -2.53. The minimum atomic E-state index is -0.457. The molecular formula is C11H19NO3. The normalized spacial score (nSPS) is 53.2. The van der Waals surface area contributed by atoms with Crippen LogP contribution in [0.3, 0.4) is 0 Å². The monoisotopic (exact) mass is 213 g/mol. The van der Waals surface area contributed by atoms with Crippen molar-refractivity contribution in [3.05, 3.63) is 0 Å². The summed E-state index contributed by atoms with van der Waals surface area (Å²) >= 11 is 0. The van der Waals surface area contributed by atoms with Gasteiger partial charge in [-0.3, -0.25) is 0 Å². The number of nitrogens with one attached hydrogen (secondary N) is 1. The van der Waals surface area contributed by atoms with Gasteiger partial charge in [0.25, 0.3) is 0 Å². The maximum absolute atomic E-state index is 9.67. The van der Waals surface area contributed by atoms with Crippen molar-refractivity contribution in [2.75, 3.05) is 0 Å². The lowest BCUT2D eigenvalue weighted by Gasteiger charge is -2.31. The van der Waals surface area contributed by atoms with Gasteiger partial charge in [-0.25, -0.2) is 0 Å². The molecule has 1 unspecified atom stereocenters. The number of rotatable bonds is 1. The summed E-state index contributed by atoms with van der Waals surface area (Å²) in [6, 6.07) is 0.537. The SMILES string of the molecule is C[C@@H](O)C1N[C@@H]2C[C@H]1[C@H]1OC(C)(C)O[C@H]12. The Labute approximate surface area is 89.9 Å². The van der Waals surface area contributed by atoms with Crippen LogP contribution < -0.4 is 5.32 Å². The fourth-order valence-corrected chi connectivity index (χ4v) is 3.40. The molecule has 3 fully saturated rings. The Bertz CT molecular complexity index is 279. The second-order valence-corrected chi connectivity index (χ2v) is 5.50. The molecule has 2 bridgehead atoms. The van der Waals surface area contributed by atoms with E-state index in [9.17, 15) is 5.11 Å². The van der Waals surface area contributed by atoms with Crippen molar-refractivity contribution in [2.24, 2.45) is 5.92 Å². The number of fused-ring (bicyclic) bond motifs is 5. The molecule has 0 amide bonds. The second-order valence-electron chi connectivity index (χ2n) is 5.50. The average molecular weight is 213 g/mol. The van der Waals surface area contributed by atoms with Gasteiger partial charge < -0.3 is 19.9 Å². The highest BCUT2D eigenvalue weighted by molar-refractivity contribution is 5.12. The molecule has 0 aromatic carbocycles. The van der Waals surface area contributed by atoms with Crippen molar-refractivity contribution in [3.63, 3.8) is 0 Å². The number of hydrogen-bond donors (Lipinski definition) is 2. The maximum Gasteiger partial charge on any atom is 0.163 e. The van der Waals surface area contributed by atoms with E-state index in [2.05, 4.69) is 5.32 Å². The molecule has 86 valence electrons. The van der Waals surface area contributed by atoms with Gasteiger partial charge in [-0.2, -0.15) is 0 Å². The number of aliphatic hydroxyl groups excluding tert-OH is 1. The topological polar surface area (TPSA) is 50.7 Å². The molecule has 4 heteroatoms. The van der Waals surface area contributed by atoms with Crippen LogP contribution in [0, 0.1) is 5.92 Å². The predicted octanol–water partition coefficient (Wildman–Crippen LogP) is 0.248. The van der Waals surface area contributed by atoms with Gasteiger partial charge in [-0.15, -0.1) is 0 Å². The zero-order valence-electron chi connectivity index (χ0n) is 9.43. The van der Waals surface area contributed by atoms with Crippen molar-refractivity contribution in [1.82, 2.24) is 5.32 Å². The lowest BCUT2D eigenvalue weighted by atomic mass is 9.93. The number of piperidine rings is 1. The Morgan fingerprint density at radius 2 is 2.00 bits per heavy atom. The third-order valence-electron chi connectivity index (χ3n) is 3.90. The third kappa shape index (κ3) is 1.35. The van der Waals surface area contributed by atoms with Crippen molar-refractivity contribution >= 4 is 0 Å². The largest absolute Gasteiger partial charge is 0.392 e. The smallest absolute Gasteiger partial charge is 0.163 e. The van der Waals surface area contributed by atoms with Crippen LogP contribution in [0.25, 0.3) is 0 Å². The molecule has 2 N–H and O–H groups in total. The molecule has 2 heterocycles. The van der Waals surface area contributed by atoms with E-state index in [1.165, 1.54) is 0 Å². The summed E-state index contributed by atoms with van der Waals surface area (Å²) in [5.41, 5.74) is 0. The van der Waals surface area contributed by atoms with Crippen LogP contribution in [0.2, 0.25) is 0 Å². The quantitative estimate of drug-likeness (QED) is 0.655. The van der Waals surface area contributed by atoms with Crippen LogP contribution in [0.15, 0.2) is 0 Å². The van der Waals surface area contributed by atoms with Gasteiger partial charge in [0.2, 0.25) is 0 Å². The van der Waals surface area contributed by atoms with Crippen LogP contribution in [0.1, 0.15) is 27.2 Å². The van der Waals surface area contributed by atoms with Crippen LogP contribution >= 0.6 is 0 Å². The zero-order valence-corrected chi connectivity index (χ0v) is 9.43. The van der Waals surface area contributed by atoms with Gasteiger partial charge >= 0.3 is 0 Å². The fraction of sp³-hybridized carbons (Fsp3) is 1.00. The molecule has 15 heavy (non-hydrogen) atoms. The van der Waals surface area contributed by atoms with Crippen molar-refractivity contribution in [2.45, 2.75) is 63.4 Å². The zero-order chi connectivity index (χ0) is 10.8. The van der Waals surface area contributed by atoms with Gasteiger partial charge in [0.15, 0.2) is 5.79 Å². The molecule has 0 spiro atoms. The number of ether oxygens (including phenoxy) is 2. The van der Waals surface area contributed by atoms with Crippen LogP contribution in [0.5, 0.6) is 0 Å². The molecule has 3 rings (SSSR count). The molecule has 4 nitrogen and oxygen atoms in total. The first-order valence-electron chi connectivity index (χ1n) is 5.78. The Kier molecular flexibility index (Phi) is 1.97. The van der Waals surface area contributed by atoms with Gasteiger partial charge in [-0.05, 0) is 27.2 Å². The summed E-state index contributed by atoms with van der Waals surface area (Å²) in [7, 11) is 0. The Hall–Kier alpha value is -0.160. The molecule has 1 saturated carbocycles. The van der Waals surface area contributed by atoms with E-state index in [4.69, 9.17) is 9.47 Å². The molecule has 1 aliphatic carbocycles. The van der Waals surface area contributed by atoms with E-state index in [1.54, 1.807) is 0 Å². The Morgan fingerprint density at radius 1 is 1.33 bits per heavy atom.